The van der Waals surface area contributed by atoms with E-state index in [1.54, 1.807) is 6.07 Å². The minimum Gasteiger partial charge on any atom is -0.368 e. The molecular formula is C15H22F3N3. The van der Waals surface area contributed by atoms with Gasteiger partial charge in [0.15, 0.2) is 0 Å². The minimum atomic E-state index is -4.32. The Morgan fingerprint density at radius 2 is 2.00 bits per heavy atom. The van der Waals surface area contributed by atoms with Gasteiger partial charge >= 0.3 is 6.18 Å². The number of nitrogens with two attached hydrogens (primary N) is 1. The summed E-state index contributed by atoms with van der Waals surface area (Å²) in [4.78, 5) is 4.44. The molecule has 0 aromatic heterocycles. The molecule has 0 bridgehead atoms. The van der Waals surface area contributed by atoms with Crippen LogP contribution in [0.25, 0.3) is 0 Å². The lowest BCUT2D eigenvalue weighted by molar-refractivity contribution is -0.137. The molecule has 3 nitrogen and oxygen atoms in total. The first kappa shape index (κ1) is 16.1. The molecule has 1 heterocycles. The fourth-order valence-electron chi connectivity index (χ4n) is 2.84. The van der Waals surface area contributed by atoms with Crippen LogP contribution in [0.5, 0.6) is 0 Å². The molecule has 0 aliphatic carbocycles. The zero-order valence-electron chi connectivity index (χ0n) is 12.5. The van der Waals surface area contributed by atoms with Crippen LogP contribution >= 0.6 is 0 Å². The van der Waals surface area contributed by atoms with Crippen molar-refractivity contribution in [2.45, 2.75) is 32.1 Å². The first-order valence-electron chi connectivity index (χ1n) is 7.22. The SMILES string of the molecule is CCC1CN(c2ccc(C(F)(F)F)cc2CN)CCN1C. The maximum atomic E-state index is 12.8. The molecule has 1 aromatic rings. The van der Waals surface area contributed by atoms with E-state index in [0.29, 0.717) is 11.6 Å². The molecule has 0 radical (unpaired) electrons. The van der Waals surface area contributed by atoms with E-state index in [1.807, 2.05) is 0 Å². The van der Waals surface area contributed by atoms with Crippen molar-refractivity contribution < 1.29 is 13.2 Å². The number of halogens is 3. The molecule has 1 aliphatic heterocycles. The molecule has 1 aromatic carbocycles. The molecular weight excluding hydrogens is 279 g/mol. The van der Waals surface area contributed by atoms with Crippen LogP contribution in [0.15, 0.2) is 18.2 Å². The van der Waals surface area contributed by atoms with E-state index in [2.05, 4.69) is 23.8 Å². The molecule has 2 rings (SSSR count). The van der Waals surface area contributed by atoms with E-state index < -0.39 is 11.7 Å². The van der Waals surface area contributed by atoms with Gasteiger partial charge in [0.2, 0.25) is 0 Å². The second-order valence-electron chi connectivity index (χ2n) is 5.53. The summed E-state index contributed by atoms with van der Waals surface area (Å²) in [6, 6.07) is 4.30. The fourth-order valence-corrected chi connectivity index (χ4v) is 2.84. The van der Waals surface area contributed by atoms with E-state index in [1.165, 1.54) is 6.07 Å². The van der Waals surface area contributed by atoms with Crippen molar-refractivity contribution in [3.63, 3.8) is 0 Å². The van der Waals surface area contributed by atoms with Crippen molar-refractivity contribution in [1.82, 2.24) is 4.90 Å². The third-order valence-electron chi connectivity index (χ3n) is 4.22. The second-order valence-corrected chi connectivity index (χ2v) is 5.53. The predicted molar refractivity (Wildman–Crippen MR) is 78.3 cm³/mol. The largest absolute Gasteiger partial charge is 0.416 e. The maximum Gasteiger partial charge on any atom is 0.416 e. The smallest absolute Gasteiger partial charge is 0.368 e. The second kappa shape index (κ2) is 6.23. The summed E-state index contributed by atoms with van der Waals surface area (Å²) < 4.78 is 38.4. The number of likely N-dealkylation sites (N-methyl/N-ethyl adjacent to an activating group) is 1. The summed E-state index contributed by atoms with van der Waals surface area (Å²) in [6.45, 7) is 4.78. The molecule has 0 amide bonds. The Morgan fingerprint density at radius 3 is 2.57 bits per heavy atom. The number of anilines is 1. The number of piperazine rings is 1. The number of nitrogens with zero attached hydrogens (tertiary/aromatic N) is 2. The van der Waals surface area contributed by atoms with Crippen LogP contribution < -0.4 is 10.6 Å². The standard InChI is InChI=1S/C15H22F3N3/c1-3-13-10-21(7-6-20(13)2)14-5-4-12(15(16,17)18)8-11(14)9-19/h4-5,8,13H,3,6-7,9-10,19H2,1-2H3. The molecule has 1 atom stereocenters. The first-order chi connectivity index (χ1) is 9.86. The molecule has 0 spiro atoms. The van der Waals surface area contributed by atoms with Crippen LogP contribution in [0.2, 0.25) is 0 Å². The summed E-state index contributed by atoms with van der Waals surface area (Å²) in [5.74, 6) is 0. The Bertz CT molecular complexity index is 488. The van der Waals surface area contributed by atoms with Crippen LogP contribution in [0.3, 0.4) is 0 Å². The Kier molecular flexibility index (Phi) is 4.78. The van der Waals surface area contributed by atoms with Gasteiger partial charge in [0.1, 0.15) is 0 Å². The summed E-state index contributed by atoms with van der Waals surface area (Å²) >= 11 is 0. The highest BCUT2D eigenvalue weighted by atomic mass is 19.4. The molecule has 6 heteroatoms. The molecule has 21 heavy (non-hydrogen) atoms. The lowest BCUT2D eigenvalue weighted by Crippen LogP contribution is -2.51. The molecule has 1 saturated heterocycles. The van der Waals surface area contributed by atoms with Crippen molar-refractivity contribution in [3.8, 4) is 0 Å². The highest BCUT2D eigenvalue weighted by Crippen LogP contribution is 2.33. The highest BCUT2D eigenvalue weighted by Gasteiger charge is 2.32. The van der Waals surface area contributed by atoms with Gasteiger partial charge in [-0.2, -0.15) is 13.2 Å². The molecule has 118 valence electrons. The van der Waals surface area contributed by atoms with Gasteiger partial charge in [-0.15, -0.1) is 0 Å². The van der Waals surface area contributed by atoms with Crippen molar-refractivity contribution in [1.29, 1.82) is 0 Å². The zero-order valence-corrected chi connectivity index (χ0v) is 12.5. The van der Waals surface area contributed by atoms with Crippen molar-refractivity contribution in [2.24, 2.45) is 5.73 Å². The van der Waals surface area contributed by atoms with Gasteiger partial charge < -0.3 is 10.6 Å². The molecule has 2 N–H and O–H groups in total. The molecule has 1 fully saturated rings. The van der Waals surface area contributed by atoms with Crippen molar-refractivity contribution in [3.05, 3.63) is 29.3 Å². The van der Waals surface area contributed by atoms with E-state index in [0.717, 1.165) is 37.8 Å². The first-order valence-corrected chi connectivity index (χ1v) is 7.22. The van der Waals surface area contributed by atoms with Crippen LogP contribution in [0, 0.1) is 0 Å². The lowest BCUT2D eigenvalue weighted by Gasteiger charge is -2.41. The van der Waals surface area contributed by atoms with Gasteiger partial charge in [-0.3, -0.25) is 4.90 Å². The van der Waals surface area contributed by atoms with Crippen LogP contribution in [0.1, 0.15) is 24.5 Å². The Hall–Kier alpha value is -1.27. The summed E-state index contributed by atoms with van der Waals surface area (Å²) in [7, 11) is 2.09. The van der Waals surface area contributed by atoms with Crippen LogP contribution in [-0.4, -0.2) is 37.6 Å². The van der Waals surface area contributed by atoms with E-state index in [9.17, 15) is 13.2 Å². The van der Waals surface area contributed by atoms with E-state index >= 15 is 0 Å². The summed E-state index contributed by atoms with van der Waals surface area (Å²) in [5, 5.41) is 0. The van der Waals surface area contributed by atoms with Gasteiger partial charge in [-0.05, 0) is 37.2 Å². The number of benzene rings is 1. The fraction of sp³-hybridized carbons (Fsp3) is 0.600. The monoisotopic (exact) mass is 301 g/mol. The summed E-state index contributed by atoms with van der Waals surface area (Å²) in [5.41, 5.74) is 6.42. The molecule has 1 unspecified atom stereocenters. The van der Waals surface area contributed by atoms with Gasteiger partial charge in [0.25, 0.3) is 0 Å². The normalized spacial score (nSPS) is 20.9. The third kappa shape index (κ3) is 3.49. The Morgan fingerprint density at radius 1 is 1.29 bits per heavy atom. The van der Waals surface area contributed by atoms with Crippen LogP contribution in [0.4, 0.5) is 18.9 Å². The topological polar surface area (TPSA) is 32.5 Å². The summed E-state index contributed by atoms with van der Waals surface area (Å²) in [6.07, 6.45) is -3.30. The van der Waals surface area contributed by atoms with E-state index in [-0.39, 0.29) is 6.54 Å². The maximum absolute atomic E-state index is 12.8. The van der Waals surface area contributed by atoms with Crippen molar-refractivity contribution >= 4 is 5.69 Å². The van der Waals surface area contributed by atoms with Crippen molar-refractivity contribution in [2.75, 3.05) is 31.6 Å². The van der Waals surface area contributed by atoms with Gasteiger partial charge in [0.05, 0.1) is 5.56 Å². The number of hydrogen-bond donors (Lipinski definition) is 1. The number of rotatable bonds is 3. The number of hydrogen-bond acceptors (Lipinski definition) is 3. The quantitative estimate of drug-likeness (QED) is 0.931. The number of alkyl halides is 3. The van der Waals surface area contributed by atoms with Gasteiger partial charge in [-0.1, -0.05) is 6.92 Å². The Labute approximate surface area is 123 Å². The predicted octanol–water partition coefficient (Wildman–Crippen LogP) is 2.69. The average molecular weight is 301 g/mol. The molecule has 1 aliphatic rings. The van der Waals surface area contributed by atoms with E-state index in [4.69, 9.17) is 5.73 Å². The minimum absolute atomic E-state index is 0.113. The zero-order chi connectivity index (χ0) is 15.6. The van der Waals surface area contributed by atoms with Crippen LogP contribution in [-0.2, 0) is 12.7 Å². The average Bonchev–Trinajstić information content (AvgIpc) is 2.46. The van der Waals surface area contributed by atoms with Gasteiger partial charge in [-0.25, -0.2) is 0 Å². The third-order valence-corrected chi connectivity index (χ3v) is 4.22. The Balaban J connectivity index is 2.27. The van der Waals surface area contributed by atoms with Gasteiger partial charge in [0, 0.05) is 37.9 Å². The molecule has 0 saturated carbocycles. The lowest BCUT2D eigenvalue weighted by atomic mass is 10.0. The highest BCUT2D eigenvalue weighted by molar-refractivity contribution is 5.56.